The zero-order chi connectivity index (χ0) is 14.8. The van der Waals surface area contributed by atoms with Crippen LogP contribution in [0.15, 0.2) is 23.4 Å². The normalized spacial score (nSPS) is 17.9. The highest BCUT2D eigenvalue weighted by Gasteiger charge is 2.31. The van der Waals surface area contributed by atoms with Crippen molar-refractivity contribution in [3.63, 3.8) is 0 Å². The average molecular weight is 318 g/mol. The van der Waals surface area contributed by atoms with Gasteiger partial charge >= 0.3 is 0 Å². The SMILES string of the molecule is CC(=O)NC1CCN(S(=O)(=O)c2cnccc2Cl)CC1. The van der Waals surface area contributed by atoms with Crippen LogP contribution >= 0.6 is 11.6 Å². The van der Waals surface area contributed by atoms with Crippen LogP contribution in [-0.4, -0.2) is 42.7 Å². The van der Waals surface area contributed by atoms with Crippen LogP contribution in [0.2, 0.25) is 5.02 Å². The molecule has 0 atom stereocenters. The molecule has 1 amide bonds. The summed E-state index contributed by atoms with van der Waals surface area (Å²) in [4.78, 5) is 14.8. The van der Waals surface area contributed by atoms with E-state index in [1.165, 1.54) is 29.7 Å². The standard InChI is InChI=1S/C12H16ClN3O3S/c1-9(17)15-10-3-6-16(7-4-10)20(18,19)12-8-14-5-2-11(12)13/h2,5,8,10H,3-4,6-7H2,1H3,(H,15,17). The van der Waals surface area contributed by atoms with Gasteiger partial charge in [0.2, 0.25) is 15.9 Å². The van der Waals surface area contributed by atoms with Crippen LogP contribution in [-0.2, 0) is 14.8 Å². The third kappa shape index (κ3) is 3.28. The summed E-state index contributed by atoms with van der Waals surface area (Å²) in [5, 5.41) is 2.98. The fraction of sp³-hybridized carbons (Fsp3) is 0.500. The molecule has 2 rings (SSSR count). The Balaban J connectivity index is 2.10. The number of carbonyl (C=O) groups excluding carboxylic acids is 1. The number of hydrogen-bond donors (Lipinski definition) is 1. The zero-order valence-electron chi connectivity index (χ0n) is 11.0. The topological polar surface area (TPSA) is 79.4 Å². The van der Waals surface area contributed by atoms with Gasteiger partial charge in [0.1, 0.15) is 4.90 Å². The Morgan fingerprint density at radius 3 is 2.65 bits per heavy atom. The van der Waals surface area contributed by atoms with Crippen LogP contribution in [0.25, 0.3) is 0 Å². The molecule has 1 aliphatic rings. The molecule has 1 saturated heterocycles. The first-order valence-electron chi connectivity index (χ1n) is 6.28. The summed E-state index contributed by atoms with van der Waals surface area (Å²) in [7, 11) is -3.62. The Morgan fingerprint density at radius 2 is 2.10 bits per heavy atom. The van der Waals surface area contributed by atoms with E-state index < -0.39 is 10.0 Å². The van der Waals surface area contributed by atoms with Crippen LogP contribution in [0.4, 0.5) is 0 Å². The van der Waals surface area contributed by atoms with E-state index in [9.17, 15) is 13.2 Å². The van der Waals surface area contributed by atoms with Crippen LogP contribution in [0.5, 0.6) is 0 Å². The summed E-state index contributed by atoms with van der Waals surface area (Å²) in [5.74, 6) is -0.0957. The van der Waals surface area contributed by atoms with Gasteiger partial charge in [-0.25, -0.2) is 8.42 Å². The van der Waals surface area contributed by atoms with Crippen LogP contribution < -0.4 is 5.32 Å². The Kier molecular flexibility index (Phi) is 4.62. The highest BCUT2D eigenvalue weighted by atomic mass is 35.5. The third-order valence-electron chi connectivity index (χ3n) is 3.21. The number of nitrogens with one attached hydrogen (secondary N) is 1. The van der Waals surface area contributed by atoms with Gasteiger partial charge in [-0.3, -0.25) is 9.78 Å². The monoisotopic (exact) mass is 317 g/mol. The molecule has 1 aromatic heterocycles. The first kappa shape index (κ1) is 15.2. The molecule has 0 aromatic carbocycles. The van der Waals surface area contributed by atoms with Crippen molar-refractivity contribution < 1.29 is 13.2 Å². The van der Waals surface area contributed by atoms with Crippen LogP contribution in [0.3, 0.4) is 0 Å². The number of amides is 1. The Bertz CT molecular complexity index is 598. The third-order valence-corrected chi connectivity index (χ3v) is 5.58. The lowest BCUT2D eigenvalue weighted by atomic mass is 10.1. The van der Waals surface area contributed by atoms with E-state index in [1.807, 2.05) is 0 Å². The van der Waals surface area contributed by atoms with Crippen molar-refractivity contribution in [1.29, 1.82) is 0 Å². The fourth-order valence-corrected chi connectivity index (χ4v) is 4.10. The maximum Gasteiger partial charge on any atom is 0.246 e. The molecule has 0 bridgehead atoms. The van der Waals surface area contributed by atoms with E-state index in [4.69, 9.17) is 11.6 Å². The van der Waals surface area contributed by atoms with Gasteiger partial charge in [0.05, 0.1) is 5.02 Å². The molecule has 8 heteroatoms. The van der Waals surface area contributed by atoms with Crippen molar-refractivity contribution in [2.45, 2.75) is 30.7 Å². The van der Waals surface area contributed by atoms with Gasteiger partial charge in [0.25, 0.3) is 0 Å². The zero-order valence-corrected chi connectivity index (χ0v) is 12.6. The van der Waals surface area contributed by atoms with E-state index in [1.54, 1.807) is 0 Å². The fourth-order valence-electron chi connectivity index (χ4n) is 2.22. The van der Waals surface area contributed by atoms with E-state index in [-0.39, 0.29) is 21.9 Å². The van der Waals surface area contributed by atoms with E-state index in [2.05, 4.69) is 10.3 Å². The first-order valence-corrected chi connectivity index (χ1v) is 8.10. The largest absolute Gasteiger partial charge is 0.354 e. The van der Waals surface area contributed by atoms with Gasteiger partial charge in [-0.05, 0) is 18.9 Å². The van der Waals surface area contributed by atoms with Gasteiger partial charge in [0.15, 0.2) is 0 Å². The number of halogens is 1. The summed E-state index contributed by atoms with van der Waals surface area (Å²) in [6, 6.07) is 1.49. The number of hydrogen-bond acceptors (Lipinski definition) is 4. The number of sulfonamides is 1. The van der Waals surface area contributed by atoms with Gasteiger partial charge in [-0.2, -0.15) is 4.31 Å². The summed E-state index contributed by atoms with van der Waals surface area (Å²) >= 11 is 5.92. The average Bonchev–Trinajstić information content (AvgIpc) is 2.39. The molecular formula is C12H16ClN3O3S. The molecule has 2 heterocycles. The molecule has 6 nitrogen and oxygen atoms in total. The lowest BCUT2D eigenvalue weighted by Gasteiger charge is -2.31. The highest BCUT2D eigenvalue weighted by Crippen LogP contribution is 2.25. The van der Waals surface area contributed by atoms with Crippen molar-refractivity contribution in [3.05, 3.63) is 23.5 Å². The molecule has 0 unspecified atom stereocenters. The quantitative estimate of drug-likeness (QED) is 0.903. The predicted octanol–water partition coefficient (Wildman–Crippen LogP) is 1.02. The Morgan fingerprint density at radius 1 is 1.45 bits per heavy atom. The number of carbonyl (C=O) groups is 1. The van der Waals surface area contributed by atoms with Gasteiger partial charge in [0, 0.05) is 38.4 Å². The van der Waals surface area contributed by atoms with E-state index in [0.29, 0.717) is 25.9 Å². The second-order valence-corrected chi connectivity index (χ2v) is 7.00. The molecule has 0 saturated carbocycles. The molecular weight excluding hydrogens is 302 g/mol. The van der Waals surface area contributed by atoms with Crippen molar-refractivity contribution in [3.8, 4) is 0 Å². The molecule has 0 spiro atoms. The minimum atomic E-state index is -3.62. The highest BCUT2D eigenvalue weighted by molar-refractivity contribution is 7.89. The Hall–Kier alpha value is -1.18. The van der Waals surface area contributed by atoms with Crippen LogP contribution in [0, 0.1) is 0 Å². The van der Waals surface area contributed by atoms with Gasteiger partial charge < -0.3 is 5.32 Å². The van der Waals surface area contributed by atoms with Crippen LogP contribution in [0.1, 0.15) is 19.8 Å². The second-order valence-electron chi connectivity index (χ2n) is 4.68. The molecule has 1 N–H and O–H groups in total. The minimum Gasteiger partial charge on any atom is -0.354 e. The molecule has 1 aliphatic heterocycles. The Labute approximate surface area is 123 Å². The van der Waals surface area contributed by atoms with Gasteiger partial charge in [-0.15, -0.1) is 0 Å². The van der Waals surface area contributed by atoms with Crippen molar-refractivity contribution in [1.82, 2.24) is 14.6 Å². The number of piperidine rings is 1. The van der Waals surface area contributed by atoms with E-state index >= 15 is 0 Å². The number of pyridine rings is 1. The molecule has 0 radical (unpaired) electrons. The second kappa shape index (κ2) is 6.07. The smallest absolute Gasteiger partial charge is 0.246 e. The summed E-state index contributed by atoms with van der Waals surface area (Å²) in [6.07, 6.45) is 3.90. The molecule has 110 valence electrons. The summed E-state index contributed by atoms with van der Waals surface area (Å²) in [5.41, 5.74) is 0. The van der Waals surface area contributed by atoms with Crippen molar-refractivity contribution in [2.24, 2.45) is 0 Å². The minimum absolute atomic E-state index is 0.0274. The maximum atomic E-state index is 12.5. The summed E-state index contributed by atoms with van der Waals surface area (Å²) in [6.45, 7) is 2.18. The lowest BCUT2D eigenvalue weighted by Crippen LogP contribution is -2.46. The van der Waals surface area contributed by atoms with Gasteiger partial charge in [-0.1, -0.05) is 11.6 Å². The number of rotatable bonds is 3. The van der Waals surface area contributed by atoms with E-state index in [0.717, 1.165) is 0 Å². The first-order chi connectivity index (χ1) is 9.41. The van der Waals surface area contributed by atoms with Crippen molar-refractivity contribution >= 4 is 27.5 Å². The molecule has 1 fully saturated rings. The molecule has 20 heavy (non-hydrogen) atoms. The molecule has 1 aromatic rings. The number of nitrogens with zero attached hydrogens (tertiary/aromatic N) is 2. The number of aromatic nitrogens is 1. The predicted molar refractivity (Wildman–Crippen MR) is 74.8 cm³/mol. The lowest BCUT2D eigenvalue weighted by molar-refractivity contribution is -0.119. The summed E-state index contributed by atoms with van der Waals surface area (Å²) < 4.78 is 26.3. The maximum absolute atomic E-state index is 12.5. The van der Waals surface area contributed by atoms with Crippen molar-refractivity contribution in [2.75, 3.05) is 13.1 Å². The molecule has 0 aliphatic carbocycles.